The number of anilines is 1. The average Bonchev–Trinajstić information content (AvgIpc) is 2.71. The molecule has 2 rings (SSSR count). The second-order valence-electron chi connectivity index (χ2n) is 4.51. The van der Waals surface area contributed by atoms with Crippen LogP contribution in [-0.2, 0) is 9.59 Å². The predicted molar refractivity (Wildman–Crippen MR) is 76.7 cm³/mol. The highest BCUT2D eigenvalue weighted by atomic mass is 35.5. The van der Waals surface area contributed by atoms with Crippen LogP contribution in [0.3, 0.4) is 0 Å². The van der Waals surface area contributed by atoms with E-state index in [1.165, 1.54) is 29.7 Å². The molecule has 1 aliphatic rings. The fraction of sp³-hybridized carbons (Fsp3) is 0.385. The van der Waals surface area contributed by atoms with Crippen LogP contribution in [0.5, 0.6) is 5.75 Å². The Morgan fingerprint density at radius 1 is 1.58 bits per heavy atom. The van der Waals surface area contributed by atoms with Gasteiger partial charge in [-0.1, -0.05) is 23.4 Å². The van der Waals surface area contributed by atoms with E-state index < -0.39 is 0 Å². The van der Waals surface area contributed by atoms with E-state index in [1.54, 1.807) is 12.1 Å². The monoisotopic (exact) mass is 299 g/mol. The van der Waals surface area contributed by atoms with Crippen LogP contribution in [0.2, 0.25) is 5.02 Å². The van der Waals surface area contributed by atoms with Gasteiger partial charge in [0.15, 0.2) is 5.12 Å². The number of amides is 1. The van der Waals surface area contributed by atoms with Crippen LogP contribution in [0.1, 0.15) is 13.3 Å². The number of phenols is 1. The Labute approximate surface area is 120 Å². The Bertz CT molecular complexity index is 521. The highest BCUT2D eigenvalue weighted by molar-refractivity contribution is 8.13. The summed E-state index contributed by atoms with van der Waals surface area (Å²) in [4.78, 5) is 24.4. The maximum atomic E-state index is 12.0. The number of carbonyl (C=O) groups excluding carboxylic acids is 2. The summed E-state index contributed by atoms with van der Waals surface area (Å²) in [6, 6.07) is 4.63. The lowest BCUT2D eigenvalue weighted by Crippen LogP contribution is -2.24. The highest BCUT2D eigenvalue weighted by Crippen LogP contribution is 2.35. The lowest BCUT2D eigenvalue weighted by molar-refractivity contribution is -0.117. The largest absolute Gasteiger partial charge is 0.506 e. The van der Waals surface area contributed by atoms with E-state index in [2.05, 4.69) is 0 Å². The Kier molecular flexibility index (Phi) is 4.37. The molecule has 0 bridgehead atoms. The van der Waals surface area contributed by atoms with Gasteiger partial charge in [-0.2, -0.15) is 0 Å². The van der Waals surface area contributed by atoms with Crippen molar-refractivity contribution >= 4 is 40.1 Å². The van der Waals surface area contributed by atoms with Crippen molar-refractivity contribution in [3.05, 3.63) is 23.2 Å². The fourth-order valence-corrected chi connectivity index (χ4v) is 2.93. The van der Waals surface area contributed by atoms with E-state index in [-0.39, 0.29) is 22.7 Å². The zero-order valence-corrected chi connectivity index (χ0v) is 12.0. The molecule has 4 nitrogen and oxygen atoms in total. The molecule has 0 aromatic heterocycles. The van der Waals surface area contributed by atoms with Crippen molar-refractivity contribution < 1.29 is 14.7 Å². The lowest BCUT2D eigenvalue weighted by Gasteiger charge is -2.18. The molecule has 1 aromatic carbocycles. The smallest absolute Gasteiger partial charge is 0.227 e. The van der Waals surface area contributed by atoms with E-state index in [4.69, 9.17) is 11.6 Å². The lowest BCUT2D eigenvalue weighted by atomic mass is 10.1. The number of hydrogen-bond donors (Lipinski definition) is 1. The van der Waals surface area contributed by atoms with Crippen LogP contribution in [0.15, 0.2) is 18.2 Å². The third-order valence-electron chi connectivity index (χ3n) is 2.96. The Morgan fingerprint density at radius 3 is 3.00 bits per heavy atom. The van der Waals surface area contributed by atoms with Crippen molar-refractivity contribution in [1.29, 1.82) is 0 Å². The molecule has 102 valence electrons. The van der Waals surface area contributed by atoms with Crippen molar-refractivity contribution in [3.8, 4) is 5.75 Å². The summed E-state index contributed by atoms with van der Waals surface area (Å²) in [7, 11) is 0. The third kappa shape index (κ3) is 3.42. The summed E-state index contributed by atoms with van der Waals surface area (Å²) in [6.45, 7) is 2.02. The van der Waals surface area contributed by atoms with Gasteiger partial charge < -0.3 is 10.0 Å². The van der Waals surface area contributed by atoms with Gasteiger partial charge in [0.1, 0.15) is 5.75 Å². The molecular formula is C13H14ClNO3S. The second kappa shape index (κ2) is 5.84. The average molecular weight is 300 g/mol. The fourth-order valence-electron chi connectivity index (χ4n) is 2.07. The molecule has 0 aliphatic carbocycles. The van der Waals surface area contributed by atoms with Gasteiger partial charge in [0.2, 0.25) is 5.91 Å². The van der Waals surface area contributed by atoms with Gasteiger partial charge in [-0.3, -0.25) is 9.59 Å². The SMILES string of the molecule is CC(=O)SCC1CC(=O)N(c2cc(Cl)ccc2O)C1. The van der Waals surface area contributed by atoms with E-state index in [0.29, 0.717) is 29.4 Å². The van der Waals surface area contributed by atoms with Gasteiger partial charge in [-0.15, -0.1) is 0 Å². The number of carbonyl (C=O) groups is 2. The molecule has 0 saturated carbocycles. The minimum absolute atomic E-state index is 0.0395. The molecule has 1 heterocycles. The normalized spacial score (nSPS) is 18.9. The molecule has 6 heteroatoms. The highest BCUT2D eigenvalue weighted by Gasteiger charge is 2.32. The van der Waals surface area contributed by atoms with Crippen LogP contribution in [0, 0.1) is 5.92 Å². The van der Waals surface area contributed by atoms with Crippen LogP contribution in [-0.4, -0.2) is 28.4 Å². The maximum absolute atomic E-state index is 12.0. The van der Waals surface area contributed by atoms with Crippen molar-refractivity contribution in [2.24, 2.45) is 5.92 Å². The number of benzene rings is 1. The van der Waals surface area contributed by atoms with Crippen LogP contribution in [0.4, 0.5) is 5.69 Å². The topological polar surface area (TPSA) is 57.6 Å². The minimum atomic E-state index is -0.0493. The van der Waals surface area contributed by atoms with Crippen LogP contribution < -0.4 is 4.90 Å². The summed E-state index contributed by atoms with van der Waals surface area (Å²) < 4.78 is 0. The van der Waals surface area contributed by atoms with Gasteiger partial charge in [0.25, 0.3) is 0 Å². The molecule has 1 aromatic rings. The molecule has 1 N–H and O–H groups in total. The second-order valence-corrected chi connectivity index (χ2v) is 6.14. The number of aromatic hydroxyl groups is 1. The number of nitrogens with zero attached hydrogens (tertiary/aromatic N) is 1. The van der Waals surface area contributed by atoms with E-state index in [1.807, 2.05) is 0 Å². The Morgan fingerprint density at radius 2 is 2.32 bits per heavy atom. The minimum Gasteiger partial charge on any atom is -0.506 e. The molecule has 19 heavy (non-hydrogen) atoms. The van der Waals surface area contributed by atoms with Crippen LogP contribution in [0.25, 0.3) is 0 Å². The first kappa shape index (κ1) is 14.2. The van der Waals surface area contributed by atoms with Crippen molar-refractivity contribution in [2.75, 3.05) is 17.2 Å². The Hall–Kier alpha value is -1.20. The first-order valence-corrected chi connectivity index (χ1v) is 7.26. The van der Waals surface area contributed by atoms with Crippen LogP contribution >= 0.6 is 23.4 Å². The summed E-state index contributed by atoms with van der Waals surface area (Å²) >= 11 is 7.11. The third-order valence-corrected chi connectivity index (χ3v) is 4.24. The zero-order valence-electron chi connectivity index (χ0n) is 10.4. The van der Waals surface area contributed by atoms with E-state index in [9.17, 15) is 14.7 Å². The standard InChI is InChI=1S/C13H14ClNO3S/c1-8(16)19-7-9-4-13(18)15(6-9)11-5-10(14)2-3-12(11)17/h2-3,5,9,17H,4,6-7H2,1H3. The Balaban J connectivity index is 2.11. The molecule has 1 unspecified atom stereocenters. The number of thioether (sulfide) groups is 1. The van der Waals surface area contributed by atoms with Gasteiger partial charge in [0.05, 0.1) is 5.69 Å². The quantitative estimate of drug-likeness (QED) is 0.932. The molecule has 0 spiro atoms. The molecule has 1 saturated heterocycles. The summed E-state index contributed by atoms with van der Waals surface area (Å²) in [5.74, 6) is 0.739. The summed E-state index contributed by atoms with van der Waals surface area (Å²) in [6.07, 6.45) is 0.395. The molecule has 1 atom stereocenters. The van der Waals surface area contributed by atoms with Gasteiger partial charge in [0, 0.05) is 30.7 Å². The van der Waals surface area contributed by atoms with Crippen molar-refractivity contribution in [2.45, 2.75) is 13.3 Å². The number of rotatable bonds is 3. The van der Waals surface area contributed by atoms with Gasteiger partial charge in [-0.25, -0.2) is 0 Å². The van der Waals surface area contributed by atoms with E-state index >= 15 is 0 Å². The van der Waals surface area contributed by atoms with Crippen molar-refractivity contribution in [3.63, 3.8) is 0 Å². The predicted octanol–water partition coefficient (Wildman–Crippen LogP) is 2.68. The first-order chi connectivity index (χ1) is 8.97. The number of hydrogen-bond acceptors (Lipinski definition) is 4. The molecule has 1 amide bonds. The molecule has 1 aliphatic heterocycles. The first-order valence-electron chi connectivity index (χ1n) is 5.89. The molecule has 1 fully saturated rings. The summed E-state index contributed by atoms with van der Waals surface area (Å²) in [5, 5.41) is 10.3. The number of phenolic OH excluding ortho intramolecular Hbond substituents is 1. The zero-order chi connectivity index (χ0) is 14.0. The van der Waals surface area contributed by atoms with Crippen molar-refractivity contribution in [1.82, 2.24) is 0 Å². The van der Waals surface area contributed by atoms with Gasteiger partial charge in [-0.05, 0) is 24.1 Å². The van der Waals surface area contributed by atoms with E-state index in [0.717, 1.165) is 0 Å². The van der Waals surface area contributed by atoms with Gasteiger partial charge >= 0.3 is 0 Å². The molecule has 0 radical (unpaired) electrons. The summed E-state index contributed by atoms with van der Waals surface area (Å²) in [5.41, 5.74) is 0.438. The maximum Gasteiger partial charge on any atom is 0.227 e. The number of halogens is 1. The molecular weight excluding hydrogens is 286 g/mol.